The number of hydrogen-bond acceptors (Lipinski definition) is 3. The Morgan fingerprint density at radius 1 is 0.920 bits per heavy atom. The van der Waals surface area contributed by atoms with Crippen molar-refractivity contribution in [1.82, 2.24) is 4.90 Å². The molecule has 1 saturated carbocycles. The zero-order chi connectivity index (χ0) is 17.3. The molecule has 0 radical (unpaired) electrons. The molecular formula is C21H23NO3. The number of aliphatic hydroxyl groups is 1. The predicted octanol–water partition coefficient (Wildman–Crippen LogP) is 4.36. The Hall–Kier alpha value is -2.33. The van der Waals surface area contributed by atoms with Gasteiger partial charge in [0.25, 0.3) is 0 Å². The number of ether oxygens (including phenoxy) is 1. The molecule has 1 aliphatic carbocycles. The summed E-state index contributed by atoms with van der Waals surface area (Å²) in [7, 11) is 0. The van der Waals surface area contributed by atoms with Crippen LogP contribution in [-0.2, 0) is 10.5 Å². The molecule has 25 heavy (non-hydrogen) atoms. The fourth-order valence-corrected chi connectivity index (χ4v) is 4.17. The first kappa shape index (κ1) is 16.2. The third-order valence-electron chi connectivity index (χ3n) is 5.39. The molecule has 2 aliphatic rings. The number of hydrogen-bond donors (Lipinski definition) is 1. The molecule has 4 rings (SSSR count). The Bertz CT molecular complexity index is 727. The van der Waals surface area contributed by atoms with Gasteiger partial charge in [0.2, 0.25) is 5.72 Å². The average Bonchev–Trinajstić information content (AvgIpc) is 2.95. The number of carbonyl (C=O) groups is 1. The first-order valence-corrected chi connectivity index (χ1v) is 9.04. The number of benzene rings is 2. The van der Waals surface area contributed by atoms with Gasteiger partial charge in [0.05, 0.1) is 0 Å². The van der Waals surface area contributed by atoms with Crippen molar-refractivity contribution in [1.29, 1.82) is 0 Å². The van der Waals surface area contributed by atoms with E-state index >= 15 is 0 Å². The molecule has 1 amide bonds. The largest absolute Gasteiger partial charge is 0.436 e. The Kier molecular flexibility index (Phi) is 4.22. The number of amides is 1. The number of rotatable bonds is 3. The molecule has 2 aromatic rings. The second-order valence-electron chi connectivity index (χ2n) is 6.93. The van der Waals surface area contributed by atoms with Crippen molar-refractivity contribution in [2.24, 2.45) is 0 Å². The Morgan fingerprint density at radius 2 is 1.52 bits per heavy atom. The van der Waals surface area contributed by atoms with Crippen molar-refractivity contribution in [3.8, 4) is 0 Å². The Morgan fingerprint density at radius 3 is 2.16 bits per heavy atom. The van der Waals surface area contributed by atoms with Gasteiger partial charge in [0, 0.05) is 11.6 Å². The van der Waals surface area contributed by atoms with Crippen LogP contribution in [0, 0.1) is 0 Å². The van der Waals surface area contributed by atoms with Crippen LogP contribution in [0.5, 0.6) is 0 Å². The van der Waals surface area contributed by atoms with Gasteiger partial charge in [-0.05, 0) is 18.4 Å². The highest BCUT2D eigenvalue weighted by atomic mass is 16.6. The van der Waals surface area contributed by atoms with Gasteiger partial charge in [-0.15, -0.1) is 0 Å². The predicted molar refractivity (Wildman–Crippen MR) is 94.7 cm³/mol. The van der Waals surface area contributed by atoms with Gasteiger partial charge >= 0.3 is 6.09 Å². The SMILES string of the molecule is O=C1OC(c2ccccc2)C(O)(c2ccccc2)N1C1CCCCC1. The van der Waals surface area contributed by atoms with Crippen LogP contribution >= 0.6 is 0 Å². The summed E-state index contributed by atoms with van der Waals surface area (Å²) in [5.74, 6) is 0. The van der Waals surface area contributed by atoms with Crippen LogP contribution in [0.4, 0.5) is 4.79 Å². The number of carbonyl (C=O) groups excluding carboxylic acids is 1. The molecule has 2 unspecified atom stereocenters. The lowest BCUT2D eigenvalue weighted by atomic mass is 9.87. The molecule has 1 N–H and O–H groups in total. The summed E-state index contributed by atoms with van der Waals surface area (Å²) in [6.45, 7) is 0. The monoisotopic (exact) mass is 337 g/mol. The van der Waals surface area contributed by atoms with Crippen LogP contribution in [0.3, 0.4) is 0 Å². The van der Waals surface area contributed by atoms with Crippen molar-refractivity contribution in [3.05, 3.63) is 71.8 Å². The molecule has 0 aromatic heterocycles. The van der Waals surface area contributed by atoms with E-state index in [2.05, 4.69) is 0 Å². The fourth-order valence-electron chi connectivity index (χ4n) is 4.17. The smallest absolute Gasteiger partial charge is 0.413 e. The van der Waals surface area contributed by atoms with Crippen LogP contribution in [0.2, 0.25) is 0 Å². The first-order chi connectivity index (χ1) is 12.2. The van der Waals surface area contributed by atoms with E-state index < -0.39 is 17.9 Å². The standard InChI is InChI=1S/C21H23NO3/c23-20-22(18-14-8-3-9-15-18)21(24,17-12-6-2-7-13-17)19(25-20)16-10-4-1-5-11-16/h1-2,4-7,10-13,18-19,24H,3,8-9,14-15H2. The summed E-state index contributed by atoms with van der Waals surface area (Å²) in [5, 5.41) is 11.8. The van der Waals surface area contributed by atoms with Gasteiger partial charge in [-0.3, -0.25) is 4.90 Å². The molecular weight excluding hydrogens is 314 g/mol. The third kappa shape index (κ3) is 2.71. The molecule has 0 spiro atoms. The van der Waals surface area contributed by atoms with Gasteiger partial charge < -0.3 is 9.84 Å². The molecule has 4 nitrogen and oxygen atoms in total. The normalized spacial score (nSPS) is 27.3. The van der Waals surface area contributed by atoms with E-state index in [4.69, 9.17) is 4.74 Å². The quantitative estimate of drug-likeness (QED) is 0.905. The summed E-state index contributed by atoms with van der Waals surface area (Å²) in [6, 6.07) is 19.0. The van der Waals surface area contributed by atoms with Gasteiger partial charge in [-0.25, -0.2) is 4.79 Å². The lowest BCUT2D eigenvalue weighted by Gasteiger charge is -2.40. The summed E-state index contributed by atoms with van der Waals surface area (Å²) < 4.78 is 5.72. The van der Waals surface area contributed by atoms with Crippen LogP contribution in [0.1, 0.15) is 49.3 Å². The van der Waals surface area contributed by atoms with Crippen LogP contribution in [0.25, 0.3) is 0 Å². The molecule has 0 bridgehead atoms. The first-order valence-electron chi connectivity index (χ1n) is 9.04. The van der Waals surface area contributed by atoms with Crippen molar-refractivity contribution in [3.63, 3.8) is 0 Å². The fraction of sp³-hybridized carbons (Fsp3) is 0.381. The van der Waals surface area contributed by atoms with Gasteiger partial charge in [-0.2, -0.15) is 0 Å². The highest BCUT2D eigenvalue weighted by molar-refractivity contribution is 5.73. The molecule has 4 heteroatoms. The maximum atomic E-state index is 12.8. The highest BCUT2D eigenvalue weighted by Gasteiger charge is 2.58. The van der Waals surface area contributed by atoms with Crippen LogP contribution in [-0.4, -0.2) is 22.1 Å². The van der Waals surface area contributed by atoms with Crippen molar-refractivity contribution in [2.45, 2.75) is 50.0 Å². The summed E-state index contributed by atoms with van der Waals surface area (Å²) in [4.78, 5) is 14.4. The molecule has 2 atom stereocenters. The second kappa shape index (κ2) is 6.52. The van der Waals surface area contributed by atoms with Gasteiger partial charge in [0.15, 0.2) is 6.10 Å². The lowest BCUT2D eigenvalue weighted by Crippen LogP contribution is -2.51. The average molecular weight is 337 g/mol. The molecule has 1 aliphatic heterocycles. The zero-order valence-electron chi connectivity index (χ0n) is 14.2. The van der Waals surface area contributed by atoms with E-state index in [1.807, 2.05) is 60.7 Å². The van der Waals surface area contributed by atoms with E-state index in [0.717, 1.165) is 31.2 Å². The molecule has 1 saturated heterocycles. The Balaban J connectivity index is 1.81. The van der Waals surface area contributed by atoms with Gasteiger partial charge in [0.1, 0.15) is 0 Å². The van der Waals surface area contributed by atoms with Crippen molar-refractivity contribution in [2.75, 3.05) is 0 Å². The van der Waals surface area contributed by atoms with E-state index in [1.165, 1.54) is 6.42 Å². The molecule has 130 valence electrons. The lowest BCUT2D eigenvalue weighted by molar-refractivity contribution is -0.126. The molecule has 1 heterocycles. The Labute approximate surface area is 148 Å². The van der Waals surface area contributed by atoms with Crippen LogP contribution < -0.4 is 0 Å². The van der Waals surface area contributed by atoms with Gasteiger partial charge in [-0.1, -0.05) is 79.9 Å². The summed E-state index contributed by atoms with van der Waals surface area (Å²) >= 11 is 0. The van der Waals surface area contributed by atoms with E-state index in [-0.39, 0.29) is 6.04 Å². The van der Waals surface area contributed by atoms with E-state index in [1.54, 1.807) is 4.90 Å². The van der Waals surface area contributed by atoms with E-state index in [9.17, 15) is 9.90 Å². The minimum atomic E-state index is -1.48. The van der Waals surface area contributed by atoms with E-state index in [0.29, 0.717) is 5.56 Å². The number of cyclic esters (lactones) is 1. The minimum absolute atomic E-state index is 0.0140. The molecule has 2 aromatic carbocycles. The zero-order valence-corrected chi connectivity index (χ0v) is 14.2. The summed E-state index contributed by atoms with van der Waals surface area (Å²) in [5.41, 5.74) is 0.0163. The second-order valence-corrected chi connectivity index (χ2v) is 6.93. The third-order valence-corrected chi connectivity index (χ3v) is 5.39. The highest BCUT2D eigenvalue weighted by Crippen LogP contribution is 2.49. The maximum absolute atomic E-state index is 12.8. The maximum Gasteiger partial charge on any atom is 0.413 e. The summed E-state index contributed by atoms with van der Waals surface area (Å²) in [6.07, 6.45) is 4.01. The molecule has 2 fully saturated rings. The number of nitrogens with zero attached hydrogens (tertiary/aromatic N) is 1. The van der Waals surface area contributed by atoms with Crippen molar-refractivity contribution >= 4 is 6.09 Å². The van der Waals surface area contributed by atoms with Crippen LogP contribution in [0.15, 0.2) is 60.7 Å². The van der Waals surface area contributed by atoms with Crippen molar-refractivity contribution < 1.29 is 14.6 Å². The minimum Gasteiger partial charge on any atom is -0.436 e. The topological polar surface area (TPSA) is 49.8 Å².